The number of Topliss-reactive ketones (excluding diaryl/α,β-unsaturated/α-hetero) is 1. The Morgan fingerprint density at radius 2 is 2.11 bits per heavy atom. The molecule has 0 radical (unpaired) electrons. The number of hydrogen-bond acceptors (Lipinski definition) is 2. The van der Waals surface area contributed by atoms with Crippen LogP contribution in [0.25, 0.3) is 0 Å². The molecule has 0 amide bonds. The summed E-state index contributed by atoms with van der Waals surface area (Å²) in [6.07, 6.45) is 9.01. The molecule has 1 aliphatic carbocycles. The van der Waals surface area contributed by atoms with Gasteiger partial charge in [-0.2, -0.15) is 11.8 Å². The van der Waals surface area contributed by atoms with Crippen molar-refractivity contribution in [3.63, 3.8) is 0 Å². The topological polar surface area (TPSA) is 17.1 Å². The van der Waals surface area contributed by atoms with Gasteiger partial charge < -0.3 is 0 Å². The largest absolute Gasteiger partial charge is 0.289 e. The summed E-state index contributed by atoms with van der Waals surface area (Å²) >= 11 is 5.53. The second kappa shape index (κ2) is 5.89. The Hall–Kier alpha value is -0.800. The van der Waals surface area contributed by atoms with Crippen molar-refractivity contribution in [1.82, 2.24) is 0 Å². The third kappa shape index (κ3) is 3.15. The summed E-state index contributed by atoms with van der Waals surface area (Å²) in [5.74, 6) is 1.11. The number of allylic oxidation sites excluding steroid dienone is 4. The average molecular weight is 323 g/mol. The lowest BCUT2D eigenvalue weighted by molar-refractivity contribution is 0.103. The summed E-state index contributed by atoms with van der Waals surface area (Å²) in [4.78, 5) is 12.2. The van der Waals surface area contributed by atoms with E-state index in [1.165, 1.54) is 0 Å². The van der Waals surface area contributed by atoms with Crippen molar-refractivity contribution >= 4 is 33.5 Å². The molecular weight excluding hydrogens is 308 g/mol. The zero-order valence-electron chi connectivity index (χ0n) is 10.2. The van der Waals surface area contributed by atoms with E-state index in [9.17, 15) is 4.79 Å². The minimum Gasteiger partial charge on any atom is -0.289 e. The van der Waals surface area contributed by atoms with Crippen LogP contribution < -0.4 is 0 Å². The van der Waals surface area contributed by atoms with Gasteiger partial charge in [0.1, 0.15) is 0 Å². The van der Waals surface area contributed by atoms with Gasteiger partial charge in [-0.25, -0.2) is 0 Å². The fourth-order valence-corrected chi connectivity index (χ4v) is 3.60. The van der Waals surface area contributed by atoms with Crippen LogP contribution in [0.15, 0.2) is 54.1 Å². The van der Waals surface area contributed by atoms with Gasteiger partial charge in [-0.1, -0.05) is 64.5 Å². The predicted octanol–water partition coefficient (Wildman–Crippen LogP) is 4.25. The van der Waals surface area contributed by atoms with Crippen LogP contribution in [0.4, 0.5) is 0 Å². The molecule has 1 atom stereocenters. The lowest BCUT2D eigenvalue weighted by Gasteiger charge is -2.24. The van der Waals surface area contributed by atoms with Gasteiger partial charge in [-0.3, -0.25) is 4.79 Å². The number of carbonyl (C=O) groups is 1. The molecular formula is C15H15BrOS. The van der Waals surface area contributed by atoms with Crippen LogP contribution in [0.3, 0.4) is 0 Å². The molecule has 0 saturated heterocycles. The molecule has 3 heteroatoms. The highest BCUT2D eigenvalue weighted by Gasteiger charge is 2.25. The quantitative estimate of drug-likeness (QED) is 0.608. The summed E-state index contributed by atoms with van der Waals surface area (Å²) in [6.45, 7) is 0. The van der Waals surface area contributed by atoms with E-state index >= 15 is 0 Å². The van der Waals surface area contributed by atoms with Crippen molar-refractivity contribution in [3.8, 4) is 0 Å². The van der Waals surface area contributed by atoms with Crippen LogP contribution in [-0.4, -0.2) is 22.1 Å². The first kappa shape index (κ1) is 13.6. The maximum atomic E-state index is 12.2. The van der Waals surface area contributed by atoms with Crippen LogP contribution in [0, 0.1) is 0 Å². The highest BCUT2D eigenvalue weighted by molar-refractivity contribution is 9.10. The molecule has 0 N–H and O–H groups in total. The van der Waals surface area contributed by atoms with E-state index in [4.69, 9.17) is 0 Å². The molecule has 94 valence electrons. The molecule has 1 aliphatic rings. The molecule has 18 heavy (non-hydrogen) atoms. The van der Waals surface area contributed by atoms with Gasteiger partial charge >= 0.3 is 0 Å². The van der Waals surface area contributed by atoms with Crippen molar-refractivity contribution in [2.75, 3.05) is 12.0 Å². The van der Waals surface area contributed by atoms with E-state index in [1.54, 1.807) is 11.8 Å². The molecule has 2 rings (SSSR count). The van der Waals surface area contributed by atoms with Crippen molar-refractivity contribution in [2.45, 2.75) is 10.7 Å². The zero-order valence-corrected chi connectivity index (χ0v) is 12.6. The molecule has 0 bridgehead atoms. The van der Waals surface area contributed by atoms with E-state index in [0.717, 1.165) is 23.3 Å². The van der Waals surface area contributed by atoms with Gasteiger partial charge in [0.25, 0.3) is 0 Å². The molecule has 1 nitrogen and oxygen atoms in total. The third-order valence-electron chi connectivity index (χ3n) is 2.91. The van der Waals surface area contributed by atoms with Gasteiger partial charge in [0, 0.05) is 16.9 Å². The fraction of sp³-hybridized carbons (Fsp3) is 0.267. The van der Waals surface area contributed by atoms with Crippen LogP contribution in [0.5, 0.6) is 0 Å². The number of thioether (sulfide) groups is 1. The first-order valence-electron chi connectivity index (χ1n) is 5.82. The summed E-state index contributed by atoms with van der Waals surface area (Å²) < 4.78 is 0.00683. The van der Waals surface area contributed by atoms with Gasteiger partial charge in [0.2, 0.25) is 0 Å². The van der Waals surface area contributed by atoms with Crippen molar-refractivity contribution < 1.29 is 4.79 Å². The molecule has 0 aliphatic heterocycles. The number of carbonyl (C=O) groups excluding carboxylic acids is 1. The van der Waals surface area contributed by atoms with Gasteiger partial charge in [-0.05, 0) is 12.7 Å². The minimum atomic E-state index is 0.00683. The first-order chi connectivity index (χ1) is 8.64. The van der Waals surface area contributed by atoms with Gasteiger partial charge in [0.05, 0.1) is 4.32 Å². The second-order valence-corrected chi connectivity index (χ2v) is 6.81. The fourth-order valence-electron chi connectivity index (χ4n) is 1.93. The van der Waals surface area contributed by atoms with Crippen molar-refractivity contribution in [3.05, 3.63) is 59.7 Å². The molecule has 0 aromatic heterocycles. The average Bonchev–Trinajstić information content (AvgIpc) is 2.40. The zero-order chi connectivity index (χ0) is 13.0. The van der Waals surface area contributed by atoms with Crippen molar-refractivity contribution in [1.29, 1.82) is 0 Å². The highest BCUT2D eigenvalue weighted by Crippen LogP contribution is 2.33. The number of ketones is 1. The SMILES string of the molecule is CSCC1(Br)C=CC(C(=O)c2ccccc2)=CC1. The van der Waals surface area contributed by atoms with E-state index in [2.05, 4.69) is 28.3 Å². The van der Waals surface area contributed by atoms with Gasteiger partial charge in [0.15, 0.2) is 5.78 Å². The van der Waals surface area contributed by atoms with Crippen LogP contribution in [-0.2, 0) is 0 Å². The Balaban J connectivity index is 2.12. The lowest BCUT2D eigenvalue weighted by atomic mass is 9.93. The Bertz CT molecular complexity index is 492. The van der Waals surface area contributed by atoms with Crippen molar-refractivity contribution in [2.24, 2.45) is 0 Å². The molecule has 0 spiro atoms. The monoisotopic (exact) mass is 322 g/mol. The number of alkyl halides is 1. The smallest absolute Gasteiger partial charge is 0.192 e. The molecule has 1 aromatic carbocycles. The summed E-state index contributed by atoms with van der Waals surface area (Å²) in [5.41, 5.74) is 1.54. The number of halogens is 1. The van der Waals surface area contributed by atoms with E-state index in [-0.39, 0.29) is 10.1 Å². The number of benzene rings is 1. The number of rotatable bonds is 4. The van der Waals surface area contributed by atoms with E-state index in [1.807, 2.05) is 42.5 Å². The maximum Gasteiger partial charge on any atom is 0.192 e. The highest BCUT2D eigenvalue weighted by atomic mass is 79.9. The number of hydrogen-bond donors (Lipinski definition) is 0. The normalized spacial score (nSPS) is 22.7. The Morgan fingerprint density at radius 1 is 1.39 bits per heavy atom. The Kier molecular flexibility index (Phi) is 4.46. The third-order valence-corrected chi connectivity index (χ3v) is 4.95. The standard InChI is InChI=1S/C15H15BrOS/c1-18-11-15(16)9-7-13(8-10-15)14(17)12-5-3-2-4-6-12/h2-9H,10-11H2,1H3. The van der Waals surface area contributed by atoms with Crippen LogP contribution >= 0.6 is 27.7 Å². The van der Waals surface area contributed by atoms with Crippen LogP contribution in [0.2, 0.25) is 0 Å². The maximum absolute atomic E-state index is 12.2. The molecule has 0 heterocycles. The molecule has 1 aromatic rings. The summed E-state index contributed by atoms with van der Waals surface area (Å²) in [6, 6.07) is 9.42. The minimum absolute atomic E-state index is 0.00683. The predicted molar refractivity (Wildman–Crippen MR) is 82.7 cm³/mol. The first-order valence-corrected chi connectivity index (χ1v) is 8.00. The van der Waals surface area contributed by atoms with Gasteiger partial charge in [-0.15, -0.1) is 0 Å². The van der Waals surface area contributed by atoms with Crippen LogP contribution in [0.1, 0.15) is 16.8 Å². The van der Waals surface area contributed by atoms with E-state index in [0.29, 0.717) is 0 Å². The second-order valence-electron chi connectivity index (χ2n) is 4.36. The van der Waals surface area contributed by atoms with E-state index < -0.39 is 0 Å². The molecule has 0 saturated carbocycles. The lowest BCUT2D eigenvalue weighted by Crippen LogP contribution is -2.23. The summed E-state index contributed by atoms with van der Waals surface area (Å²) in [7, 11) is 0. The summed E-state index contributed by atoms with van der Waals surface area (Å²) in [5, 5.41) is 0. The Morgan fingerprint density at radius 3 is 2.67 bits per heavy atom. The Labute approximate surface area is 120 Å². The molecule has 0 fully saturated rings. The molecule has 1 unspecified atom stereocenters.